The molecule has 2 aromatic rings. The van der Waals surface area contributed by atoms with Crippen molar-refractivity contribution in [3.63, 3.8) is 0 Å². The molecule has 100 valence electrons. The van der Waals surface area contributed by atoms with Gasteiger partial charge in [0.05, 0.1) is 10.9 Å². The number of aryl methyl sites for hydroxylation is 1. The van der Waals surface area contributed by atoms with Crippen LogP contribution in [0.3, 0.4) is 0 Å². The van der Waals surface area contributed by atoms with Crippen molar-refractivity contribution in [1.82, 2.24) is 9.13 Å². The quantitative estimate of drug-likeness (QED) is 0.846. The number of nitrogens with two attached hydrogens (primary N) is 1. The lowest BCUT2D eigenvalue weighted by Crippen LogP contribution is -2.30. The lowest BCUT2D eigenvalue weighted by molar-refractivity contribution is 0.606. The van der Waals surface area contributed by atoms with E-state index < -0.39 is 0 Å². The van der Waals surface area contributed by atoms with Crippen LogP contribution in [0.4, 0.5) is 0 Å². The summed E-state index contributed by atoms with van der Waals surface area (Å²) in [6.45, 7) is 3.08. The summed E-state index contributed by atoms with van der Waals surface area (Å²) in [5.74, 6) is -0.124. The second kappa shape index (κ2) is 5.84. The molecule has 1 aromatic carbocycles. The average Bonchev–Trinajstić information content (AvgIpc) is 2.77. The van der Waals surface area contributed by atoms with Gasteiger partial charge in [0.2, 0.25) is 0 Å². The SMILES string of the molecule is CCn1ccn(CC(C(N)=S)c2ccccc2)c1=O. The normalized spacial score (nSPS) is 12.3. The third-order valence-corrected chi connectivity index (χ3v) is 3.47. The maximum Gasteiger partial charge on any atom is 0.328 e. The van der Waals surface area contributed by atoms with Crippen molar-refractivity contribution in [2.24, 2.45) is 5.73 Å². The van der Waals surface area contributed by atoms with Crippen molar-refractivity contribution in [2.75, 3.05) is 0 Å². The van der Waals surface area contributed by atoms with E-state index in [1.807, 2.05) is 37.3 Å². The highest BCUT2D eigenvalue weighted by atomic mass is 32.1. The summed E-state index contributed by atoms with van der Waals surface area (Å²) >= 11 is 5.13. The fraction of sp³-hybridized carbons (Fsp3) is 0.286. The van der Waals surface area contributed by atoms with Crippen LogP contribution < -0.4 is 11.4 Å². The summed E-state index contributed by atoms with van der Waals surface area (Å²) in [6.07, 6.45) is 3.56. The molecule has 0 aliphatic carbocycles. The van der Waals surface area contributed by atoms with Crippen LogP contribution in [0.2, 0.25) is 0 Å². The Bertz CT molecular complexity index is 615. The molecule has 1 unspecified atom stereocenters. The fourth-order valence-electron chi connectivity index (χ4n) is 2.07. The van der Waals surface area contributed by atoms with Crippen LogP contribution in [-0.4, -0.2) is 14.1 Å². The van der Waals surface area contributed by atoms with Crippen molar-refractivity contribution >= 4 is 17.2 Å². The molecule has 0 bridgehead atoms. The number of nitrogens with zero attached hydrogens (tertiary/aromatic N) is 2. The lowest BCUT2D eigenvalue weighted by atomic mass is 9.99. The predicted molar refractivity (Wildman–Crippen MR) is 80.3 cm³/mol. The summed E-state index contributed by atoms with van der Waals surface area (Å²) in [6, 6.07) is 9.79. The Kier molecular flexibility index (Phi) is 4.16. The monoisotopic (exact) mass is 275 g/mol. The van der Waals surface area contributed by atoms with Crippen LogP contribution in [0, 0.1) is 0 Å². The van der Waals surface area contributed by atoms with Gasteiger partial charge in [-0.2, -0.15) is 0 Å². The number of rotatable bonds is 5. The number of hydrogen-bond donors (Lipinski definition) is 1. The molecular weight excluding hydrogens is 258 g/mol. The highest BCUT2D eigenvalue weighted by Crippen LogP contribution is 2.17. The molecule has 19 heavy (non-hydrogen) atoms. The Morgan fingerprint density at radius 1 is 1.26 bits per heavy atom. The smallest absolute Gasteiger partial charge is 0.328 e. The Hall–Kier alpha value is -1.88. The summed E-state index contributed by atoms with van der Waals surface area (Å²) in [7, 11) is 0. The van der Waals surface area contributed by atoms with Crippen molar-refractivity contribution < 1.29 is 0 Å². The predicted octanol–water partition coefficient (Wildman–Crippen LogP) is 1.74. The number of benzene rings is 1. The summed E-state index contributed by atoms with van der Waals surface area (Å²) in [4.78, 5) is 12.4. The molecule has 0 radical (unpaired) electrons. The molecule has 0 spiro atoms. The van der Waals surface area contributed by atoms with Gasteiger partial charge in [-0.1, -0.05) is 42.5 Å². The molecule has 1 heterocycles. The summed E-state index contributed by atoms with van der Waals surface area (Å²) in [5.41, 5.74) is 6.82. The Balaban J connectivity index is 2.30. The van der Waals surface area contributed by atoms with Crippen LogP contribution in [-0.2, 0) is 13.1 Å². The van der Waals surface area contributed by atoms with Crippen LogP contribution in [0.5, 0.6) is 0 Å². The first-order valence-corrected chi connectivity index (χ1v) is 6.64. The van der Waals surface area contributed by atoms with E-state index in [1.165, 1.54) is 0 Å². The zero-order valence-electron chi connectivity index (χ0n) is 10.8. The minimum atomic E-state index is -0.124. The van der Waals surface area contributed by atoms with E-state index in [4.69, 9.17) is 18.0 Å². The summed E-state index contributed by atoms with van der Waals surface area (Å²) in [5, 5.41) is 0. The van der Waals surface area contributed by atoms with E-state index in [2.05, 4.69) is 0 Å². The maximum atomic E-state index is 12.0. The molecule has 2 N–H and O–H groups in total. The first-order chi connectivity index (χ1) is 9.13. The standard InChI is InChI=1S/C14H17N3OS/c1-2-16-8-9-17(14(16)18)10-12(13(15)19)11-6-4-3-5-7-11/h3-9,12H,2,10H2,1H3,(H2,15,19). The van der Waals surface area contributed by atoms with Crippen molar-refractivity contribution in [3.05, 3.63) is 58.8 Å². The molecule has 0 aliphatic heterocycles. The van der Waals surface area contributed by atoms with Gasteiger partial charge in [-0.05, 0) is 12.5 Å². The Labute approximate surface area is 117 Å². The van der Waals surface area contributed by atoms with Gasteiger partial charge in [-0.25, -0.2) is 4.79 Å². The Morgan fingerprint density at radius 3 is 2.42 bits per heavy atom. The van der Waals surface area contributed by atoms with Gasteiger partial charge in [0, 0.05) is 25.5 Å². The van der Waals surface area contributed by atoms with Crippen molar-refractivity contribution in [1.29, 1.82) is 0 Å². The highest BCUT2D eigenvalue weighted by Gasteiger charge is 2.16. The zero-order valence-corrected chi connectivity index (χ0v) is 11.6. The molecule has 4 nitrogen and oxygen atoms in total. The van der Waals surface area contributed by atoms with Gasteiger partial charge in [0.25, 0.3) is 0 Å². The molecule has 0 fully saturated rings. The van der Waals surface area contributed by atoms with Gasteiger partial charge in [-0.15, -0.1) is 0 Å². The van der Waals surface area contributed by atoms with E-state index in [9.17, 15) is 4.79 Å². The minimum Gasteiger partial charge on any atom is -0.393 e. The van der Waals surface area contributed by atoms with Gasteiger partial charge in [-0.3, -0.25) is 9.13 Å². The van der Waals surface area contributed by atoms with E-state index in [-0.39, 0.29) is 11.6 Å². The Morgan fingerprint density at radius 2 is 1.89 bits per heavy atom. The number of aromatic nitrogens is 2. The molecule has 5 heteroatoms. The topological polar surface area (TPSA) is 52.9 Å². The average molecular weight is 275 g/mol. The van der Waals surface area contributed by atoms with E-state index in [1.54, 1.807) is 21.5 Å². The second-order valence-electron chi connectivity index (χ2n) is 4.38. The van der Waals surface area contributed by atoms with Crippen LogP contribution >= 0.6 is 12.2 Å². The molecule has 0 amide bonds. The third kappa shape index (κ3) is 2.93. The van der Waals surface area contributed by atoms with Gasteiger partial charge < -0.3 is 5.73 Å². The van der Waals surface area contributed by atoms with Crippen LogP contribution in [0.15, 0.2) is 47.5 Å². The largest absolute Gasteiger partial charge is 0.393 e. The minimum absolute atomic E-state index is 0.0281. The molecule has 1 atom stereocenters. The molecule has 0 aliphatic rings. The molecule has 0 saturated heterocycles. The molecule has 1 aromatic heterocycles. The number of imidazole rings is 1. The van der Waals surface area contributed by atoms with E-state index in [0.717, 1.165) is 5.56 Å². The van der Waals surface area contributed by atoms with Crippen LogP contribution in [0.1, 0.15) is 18.4 Å². The first kappa shape index (κ1) is 13.5. The number of thiocarbonyl (C=S) groups is 1. The first-order valence-electron chi connectivity index (χ1n) is 6.23. The summed E-state index contributed by atoms with van der Waals surface area (Å²) < 4.78 is 3.31. The number of hydrogen-bond acceptors (Lipinski definition) is 2. The lowest BCUT2D eigenvalue weighted by Gasteiger charge is -2.16. The molecule has 2 rings (SSSR count). The van der Waals surface area contributed by atoms with Crippen molar-refractivity contribution in [2.45, 2.75) is 25.9 Å². The maximum absolute atomic E-state index is 12.0. The highest BCUT2D eigenvalue weighted by molar-refractivity contribution is 7.80. The zero-order chi connectivity index (χ0) is 13.8. The molecular formula is C14H17N3OS. The van der Waals surface area contributed by atoms with Gasteiger partial charge >= 0.3 is 5.69 Å². The fourth-order valence-corrected chi connectivity index (χ4v) is 2.29. The van der Waals surface area contributed by atoms with Gasteiger partial charge in [0.1, 0.15) is 0 Å². The van der Waals surface area contributed by atoms with Crippen LogP contribution in [0.25, 0.3) is 0 Å². The van der Waals surface area contributed by atoms with Crippen molar-refractivity contribution in [3.8, 4) is 0 Å². The van der Waals surface area contributed by atoms with E-state index in [0.29, 0.717) is 18.1 Å². The third-order valence-electron chi connectivity index (χ3n) is 3.18. The van der Waals surface area contributed by atoms with Gasteiger partial charge in [0.15, 0.2) is 0 Å². The molecule has 0 saturated carbocycles. The van der Waals surface area contributed by atoms with E-state index >= 15 is 0 Å². The second-order valence-corrected chi connectivity index (χ2v) is 4.86.